The van der Waals surface area contributed by atoms with Crippen LogP contribution < -0.4 is 14.8 Å². The van der Waals surface area contributed by atoms with E-state index in [4.69, 9.17) is 14.2 Å². The first-order valence-electron chi connectivity index (χ1n) is 7.96. The third-order valence-corrected chi connectivity index (χ3v) is 3.62. The molecule has 0 spiro atoms. The largest absolute Gasteiger partial charge is 0.486 e. The minimum absolute atomic E-state index is 0.361. The van der Waals surface area contributed by atoms with E-state index in [-0.39, 0.29) is 6.61 Å². The van der Waals surface area contributed by atoms with Crippen LogP contribution in [0.3, 0.4) is 0 Å². The van der Waals surface area contributed by atoms with Crippen molar-refractivity contribution < 1.29 is 23.8 Å². The Balaban J connectivity index is 1.56. The average Bonchev–Trinajstić information content (AvgIpc) is 2.58. The van der Waals surface area contributed by atoms with Crippen LogP contribution in [0.5, 0.6) is 11.5 Å². The molecule has 25 heavy (non-hydrogen) atoms. The number of fused-ring (bicyclic) bond motifs is 1. The number of hydrogen-bond donors (Lipinski definition) is 1. The topological polar surface area (TPSA) is 73.9 Å². The van der Waals surface area contributed by atoms with Crippen molar-refractivity contribution in [1.29, 1.82) is 0 Å². The molecule has 1 aliphatic rings. The minimum Gasteiger partial charge on any atom is -0.486 e. The molecule has 130 valence electrons. The molecule has 1 amide bonds. The van der Waals surface area contributed by atoms with Gasteiger partial charge in [-0.25, -0.2) is 4.79 Å². The molecule has 0 atom stereocenters. The molecule has 0 saturated carbocycles. The molecule has 6 heteroatoms. The van der Waals surface area contributed by atoms with Crippen LogP contribution in [0.25, 0.3) is 0 Å². The molecule has 1 N–H and O–H groups in total. The van der Waals surface area contributed by atoms with Gasteiger partial charge in [-0.3, -0.25) is 4.79 Å². The Labute approximate surface area is 145 Å². The Morgan fingerprint density at radius 1 is 1.00 bits per heavy atom. The first-order valence-corrected chi connectivity index (χ1v) is 7.96. The summed E-state index contributed by atoms with van der Waals surface area (Å²) in [5.41, 5.74) is 2.92. The van der Waals surface area contributed by atoms with Crippen molar-refractivity contribution in [3.63, 3.8) is 0 Å². The number of carbonyl (C=O) groups is 2. The normalized spacial score (nSPS) is 12.4. The van der Waals surface area contributed by atoms with Crippen molar-refractivity contribution in [1.82, 2.24) is 0 Å². The Morgan fingerprint density at radius 2 is 1.68 bits per heavy atom. The summed E-state index contributed by atoms with van der Waals surface area (Å²) in [5.74, 6) is 0.278. The fraction of sp³-hybridized carbons (Fsp3) is 0.263. The van der Waals surface area contributed by atoms with Gasteiger partial charge in [-0.05, 0) is 38.1 Å². The molecule has 0 aromatic heterocycles. The highest BCUT2D eigenvalue weighted by molar-refractivity contribution is 5.95. The Kier molecular flexibility index (Phi) is 4.88. The quantitative estimate of drug-likeness (QED) is 0.866. The molecule has 0 fully saturated rings. The van der Waals surface area contributed by atoms with E-state index < -0.39 is 11.9 Å². The highest BCUT2D eigenvalue weighted by Crippen LogP contribution is 2.32. The third kappa shape index (κ3) is 4.29. The first kappa shape index (κ1) is 16.8. The van der Waals surface area contributed by atoms with Gasteiger partial charge in [-0.15, -0.1) is 0 Å². The van der Waals surface area contributed by atoms with Gasteiger partial charge in [0.05, 0.1) is 5.56 Å². The van der Waals surface area contributed by atoms with Crippen LogP contribution in [0.4, 0.5) is 5.69 Å². The van der Waals surface area contributed by atoms with E-state index in [1.165, 1.54) is 0 Å². The molecular formula is C19H19NO5. The highest BCUT2D eigenvalue weighted by atomic mass is 16.6. The number of hydrogen-bond acceptors (Lipinski definition) is 5. The smallest absolute Gasteiger partial charge is 0.338 e. The number of aryl methyl sites for hydroxylation is 2. The predicted octanol–water partition coefficient (Wildman–Crippen LogP) is 2.87. The Bertz CT molecular complexity index is 795. The molecule has 0 unspecified atom stereocenters. The molecule has 1 heterocycles. The molecule has 0 aliphatic carbocycles. The molecule has 6 nitrogen and oxygen atoms in total. The lowest BCUT2D eigenvalue weighted by Crippen LogP contribution is -2.21. The van der Waals surface area contributed by atoms with E-state index in [0.717, 1.165) is 11.1 Å². The van der Waals surface area contributed by atoms with Crippen LogP contribution in [0.1, 0.15) is 21.5 Å². The van der Waals surface area contributed by atoms with Crippen molar-refractivity contribution in [3.05, 3.63) is 53.1 Å². The lowest BCUT2D eigenvalue weighted by molar-refractivity contribution is -0.119. The maximum atomic E-state index is 12.1. The van der Waals surface area contributed by atoms with Gasteiger partial charge in [0.15, 0.2) is 18.1 Å². The predicted molar refractivity (Wildman–Crippen MR) is 92.3 cm³/mol. The van der Waals surface area contributed by atoms with Crippen molar-refractivity contribution in [2.24, 2.45) is 0 Å². The Hall–Kier alpha value is -3.02. The summed E-state index contributed by atoms with van der Waals surface area (Å²) in [6, 6.07) is 10.5. The number of nitrogens with one attached hydrogen (secondary N) is 1. The minimum atomic E-state index is -0.524. The number of benzene rings is 2. The van der Waals surface area contributed by atoms with Crippen molar-refractivity contribution in [2.75, 3.05) is 25.1 Å². The van der Waals surface area contributed by atoms with Crippen LogP contribution >= 0.6 is 0 Å². The second kappa shape index (κ2) is 7.25. The fourth-order valence-electron chi connectivity index (χ4n) is 2.63. The van der Waals surface area contributed by atoms with Gasteiger partial charge in [0.1, 0.15) is 13.2 Å². The number of ether oxygens (including phenoxy) is 3. The molecule has 0 bridgehead atoms. The summed E-state index contributed by atoms with van der Waals surface area (Å²) in [7, 11) is 0. The first-order chi connectivity index (χ1) is 12.0. The molecule has 1 aliphatic heterocycles. The number of amides is 1. The van der Waals surface area contributed by atoms with Crippen molar-refractivity contribution in [2.45, 2.75) is 13.8 Å². The van der Waals surface area contributed by atoms with E-state index >= 15 is 0 Å². The molecule has 2 aromatic rings. The molecule has 0 radical (unpaired) electrons. The van der Waals surface area contributed by atoms with Crippen LogP contribution in [0, 0.1) is 13.8 Å². The summed E-state index contributed by atoms with van der Waals surface area (Å²) in [6.07, 6.45) is 0. The maximum Gasteiger partial charge on any atom is 0.338 e. The van der Waals surface area contributed by atoms with Crippen LogP contribution in [0.15, 0.2) is 36.4 Å². The van der Waals surface area contributed by atoms with Gasteiger partial charge in [0, 0.05) is 11.8 Å². The van der Waals surface area contributed by atoms with Crippen LogP contribution in [0.2, 0.25) is 0 Å². The zero-order valence-electron chi connectivity index (χ0n) is 14.1. The van der Waals surface area contributed by atoms with Gasteiger partial charge < -0.3 is 19.5 Å². The molecule has 3 rings (SSSR count). The van der Waals surface area contributed by atoms with Gasteiger partial charge in [0.25, 0.3) is 5.91 Å². The van der Waals surface area contributed by atoms with Gasteiger partial charge in [-0.1, -0.05) is 17.2 Å². The second-order valence-electron chi connectivity index (χ2n) is 5.86. The lowest BCUT2D eigenvalue weighted by atomic mass is 10.1. The molecule has 0 saturated heterocycles. The molecule has 2 aromatic carbocycles. The van der Waals surface area contributed by atoms with E-state index in [0.29, 0.717) is 36.0 Å². The standard InChI is InChI=1S/C19H19NO5/c1-12-7-13(2)9-14(8-12)19(22)25-11-18(21)20-15-3-4-16-17(10-15)24-6-5-23-16/h3-4,7-10H,5-6,11H2,1-2H3,(H,20,21). The third-order valence-electron chi connectivity index (χ3n) is 3.62. The lowest BCUT2D eigenvalue weighted by Gasteiger charge is -2.19. The summed E-state index contributed by atoms with van der Waals surface area (Å²) in [6.45, 7) is 4.42. The summed E-state index contributed by atoms with van der Waals surface area (Å²) < 4.78 is 16.0. The van der Waals surface area contributed by atoms with E-state index in [9.17, 15) is 9.59 Å². The summed E-state index contributed by atoms with van der Waals surface area (Å²) in [5, 5.41) is 2.67. The number of rotatable bonds is 4. The average molecular weight is 341 g/mol. The summed E-state index contributed by atoms with van der Waals surface area (Å²) in [4.78, 5) is 24.0. The number of carbonyl (C=O) groups excluding carboxylic acids is 2. The van der Waals surface area contributed by atoms with Crippen molar-refractivity contribution >= 4 is 17.6 Å². The highest BCUT2D eigenvalue weighted by Gasteiger charge is 2.14. The van der Waals surface area contributed by atoms with Crippen LogP contribution in [-0.2, 0) is 9.53 Å². The number of anilines is 1. The Morgan fingerprint density at radius 3 is 2.40 bits per heavy atom. The van der Waals surface area contributed by atoms with Gasteiger partial charge in [-0.2, -0.15) is 0 Å². The fourth-order valence-corrected chi connectivity index (χ4v) is 2.63. The summed E-state index contributed by atoms with van der Waals surface area (Å²) >= 11 is 0. The zero-order chi connectivity index (χ0) is 17.8. The van der Waals surface area contributed by atoms with Gasteiger partial charge >= 0.3 is 5.97 Å². The second-order valence-corrected chi connectivity index (χ2v) is 5.86. The van der Waals surface area contributed by atoms with E-state index in [1.807, 2.05) is 19.9 Å². The zero-order valence-corrected chi connectivity index (χ0v) is 14.1. The van der Waals surface area contributed by atoms with Gasteiger partial charge in [0.2, 0.25) is 0 Å². The van der Waals surface area contributed by atoms with Crippen molar-refractivity contribution in [3.8, 4) is 11.5 Å². The van der Waals surface area contributed by atoms with Crippen LogP contribution in [-0.4, -0.2) is 31.7 Å². The maximum absolute atomic E-state index is 12.1. The SMILES string of the molecule is Cc1cc(C)cc(C(=O)OCC(=O)Nc2ccc3c(c2)OCCO3)c1. The van der Waals surface area contributed by atoms with E-state index in [1.54, 1.807) is 30.3 Å². The van der Waals surface area contributed by atoms with E-state index in [2.05, 4.69) is 5.32 Å². The monoisotopic (exact) mass is 341 g/mol. The molecular weight excluding hydrogens is 322 g/mol. The number of esters is 1.